The maximum absolute atomic E-state index is 10.7. The summed E-state index contributed by atoms with van der Waals surface area (Å²) in [5.74, 6) is 0.105. The van der Waals surface area contributed by atoms with Gasteiger partial charge in [0.1, 0.15) is 6.42 Å². The Balaban J connectivity index is 1.83. The van der Waals surface area contributed by atoms with Crippen molar-refractivity contribution in [1.29, 1.82) is 0 Å². The van der Waals surface area contributed by atoms with Crippen molar-refractivity contribution >= 4 is 11.9 Å². The molecule has 7 heteroatoms. The summed E-state index contributed by atoms with van der Waals surface area (Å²) in [5.41, 5.74) is 0. The Morgan fingerprint density at radius 3 is 3.05 bits per heavy atom. The van der Waals surface area contributed by atoms with Crippen molar-refractivity contribution in [2.75, 3.05) is 11.9 Å². The quantitative estimate of drug-likeness (QED) is 0.842. The molecule has 0 saturated carbocycles. The van der Waals surface area contributed by atoms with Crippen LogP contribution < -0.4 is 5.32 Å². The molecule has 3 rings (SSSR count). The minimum absolute atomic E-state index is 0.143. The van der Waals surface area contributed by atoms with Crippen LogP contribution in [0.4, 0.5) is 5.95 Å². The number of carboxylic acids is 1. The Morgan fingerprint density at radius 1 is 1.53 bits per heavy atom. The van der Waals surface area contributed by atoms with Gasteiger partial charge in [0.15, 0.2) is 5.82 Å². The Bertz CT molecular complexity index is 487. The van der Waals surface area contributed by atoms with Crippen LogP contribution in [0, 0.1) is 0 Å². The van der Waals surface area contributed by atoms with Crippen LogP contribution in [0.2, 0.25) is 0 Å². The fourth-order valence-electron chi connectivity index (χ4n) is 2.84. The Labute approximate surface area is 111 Å². The molecule has 2 N–H and O–H groups in total. The molecule has 2 aliphatic heterocycles. The van der Waals surface area contributed by atoms with E-state index in [0.717, 1.165) is 25.8 Å². The summed E-state index contributed by atoms with van der Waals surface area (Å²) in [4.78, 5) is 15.0. The summed E-state index contributed by atoms with van der Waals surface area (Å²) >= 11 is 0. The highest BCUT2D eigenvalue weighted by Crippen LogP contribution is 2.33. The van der Waals surface area contributed by atoms with Crippen LogP contribution in [0.3, 0.4) is 0 Å². The van der Waals surface area contributed by atoms with Crippen LogP contribution >= 0.6 is 0 Å². The summed E-state index contributed by atoms with van der Waals surface area (Å²) in [7, 11) is 0. The van der Waals surface area contributed by atoms with Gasteiger partial charge in [0.2, 0.25) is 5.95 Å². The summed E-state index contributed by atoms with van der Waals surface area (Å²) in [5, 5.41) is 16.3. The zero-order valence-corrected chi connectivity index (χ0v) is 10.9. The largest absolute Gasteiger partial charge is 0.481 e. The number of ether oxygens (including phenoxy) is 1. The highest BCUT2D eigenvalue weighted by Gasteiger charge is 2.35. The molecule has 1 saturated heterocycles. The van der Waals surface area contributed by atoms with Crippen molar-refractivity contribution in [3.05, 3.63) is 5.82 Å². The van der Waals surface area contributed by atoms with Gasteiger partial charge in [0.05, 0.1) is 18.2 Å². The molecule has 3 heterocycles. The van der Waals surface area contributed by atoms with Gasteiger partial charge in [-0.15, -0.1) is 0 Å². The second-order valence-electron chi connectivity index (χ2n) is 5.21. The topological polar surface area (TPSA) is 89.3 Å². The maximum atomic E-state index is 10.7. The van der Waals surface area contributed by atoms with Gasteiger partial charge in [0, 0.05) is 6.54 Å². The van der Waals surface area contributed by atoms with Gasteiger partial charge in [-0.2, -0.15) is 10.1 Å². The van der Waals surface area contributed by atoms with Gasteiger partial charge in [-0.1, -0.05) is 0 Å². The van der Waals surface area contributed by atoms with Gasteiger partial charge in [-0.05, 0) is 26.2 Å². The normalized spacial score (nSPS) is 29.8. The summed E-state index contributed by atoms with van der Waals surface area (Å²) in [6.07, 6.45) is 3.34. The molecule has 0 radical (unpaired) electrons. The number of hydrogen-bond donors (Lipinski definition) is 2. The monoisotopic (exact) mass is 266 g/mol. The molecular formula is C12H18N4O3. The minimum Gasteiger partial charge on any atom is -0.481 e. The van der Waals surface area contributed by atoms with Gasteiger partial charge in [0.25, 0.3) is 0 Å². The van der Waals surface area contributed by atoms with Crippen molar-refractivity contribution in [2.45, 2.75) is 50.9 Å². The number of aromatic nitrogens is 3. The first kappa shape index (κ1) is 12.4. The average Bonchev–Trinajstić information content (AvgIpc) is 2.93. The molecule has 0 aromatic carbocycles. The molecule has 104 valence electrons. The first-order chi connectivity index (χ1) is 9.13. The molecule has 0 spiro atoms. The van der Waals surface area contributed by atoms with Crippen molar-refractivity contribution in [1.82, 2.24) is 14.8 Å². The number of nitrogens with zero attached hydrogens (tertiary/aromatic N) is 3. The molecule has 1 fully saturated rings. The standard InChI is InChI=1S/C12H18N4O3/c1-7-2-3-9(19-7)8-4-5-13-12-14-10(6-11(17)18)15-16(8)12/h7-9H,2-6H2,1H3,(H,17,18)(H,13,14,15). The van der Waals surface area contributed by atoms with Crippen LogP contribution in [-0.4, -0.2) is 44.6 Å². The van der Waals surface area contributed by atoms with E-state index in [1.807, 2.05) is 4.68 Å². The molecular weight excluding hydrogens is 248 g/mol. The average molecular weight is 266 g/mol. The predicted molar refractivity (Wildman–Crippen MR) is 67.1 cm³/mol. The van der Waals surface area contributed by atoms with Crippen LogP contribution in [0.1, 0.15) is 38.1 Å². The number of anilines is 1. The van der Waals surface area contributed by atoms with E-state index in [4.69, 9.17) is 9.84 Å². The van der Waals surface area contributed by atoms with Crippen molar-refractivity contribution in [2.24, 2.45) is 0 Å². The third-order valence-corrected chi connectivity index (χ3v) is 3.72. The summed E-state index contributed by atoms with van der Waals surface area (Å²) in [6.45, 7) is 2.91. The molecule has 19 heavy (non-hydrogen) atoms. The lowest BCUT2D eigenvalue weighted by molar-refractivity contribution is -0.136. The molecule has 1 aromatic heterocycles. The van der Waals surface area contributed by atoms with Crippen molar-refractivity contribution < 1.29 is 14.6 Å². The Kier molecular flexibility index (Phi) is 3.14. The van der Waals surface area contributed by atoms with Gasteiger partial charge in [-0.3, -0.25) is 4.79 Å². The highest BCUT2D eigenvalue weighted by atomic mass is 16.5. The van der Waals surface area contributed by atoms with Crippen LogP contribution in [0.15, 0.2) is 0 Å². The molecule has 2 aliphatic rings. The zero-order valence-electron chi connectivity index (χ0n) is 10.9. The van der Waals surface area contributed by atoms with Crippen LogP contribution in [0.25, 0.3) is 0 Å². The number of carboxylic acid groups (broad SMARTS) is 1. The molecule has 3 unspecified atom stereocenters. The second-order valence-corrected chi connectivity index (χ2v) is 5.21. The Morgan fingerprint density at radius 2 is 2.37 bits per heavy atom. The Hall–Kier alpha value is -1.63. The van der Waals surface area contributed by atoms with Gasteiger partial charge >= 0.3 is 5.97 Å². The molecule has 7 nitrogen and oxygen atoms in total. The minimum atomic E-state index is -0.912. The first-order valence-corrected chi connectivity index (χ1v) is 6.70. The molecule has 0 aliphatic carbocycles. The lowest BCUT2D eigenvalue weighted by atomic mass is 10.0. The smallest absolute Gasteiger partial charge is 0.311 e. The zero-order chi connectivity index (χ0) is 13.4. The van der Waals surface area contributed by atoms with E-state index < -0.39 is 5.97 Å². The number of fused-ring (bicyclic) bond motifs is 1. The molecule has 3 atom stereocenters. The van der Waals surface area contributed by atoms with E-state index in [1.165, 1.54) is 0 Å². The lowest BCUT2D eigenvalue weighted by Gasteiger charge is -2.28. The van der Waals surface area contributed by atoms with E-state index in [0.29, 0.717) is 17.9 Å². The first-order valence-electron chi connectivity index (χ1n) is 6.70. The van der Waals surface area contributed by atoms with Crippen molar-refractivity contribution in [3.8, 4) is 0 Å². The fourth-order valence-corrected chi connectivity index (χ4v) is 2.84. The van der Waals surface area contributed by atoms with E-state index in [9.17, 15) is 4.79 Å². The van der Waals surface area contributed by atoms with Gasteiger partial charge < -0.3 is 15.2 Å². The van der Waals surface area contributed by atoms with E-state index in [1.54, 1.807) is 0 Å². The van der Waals surface area contributed by atoms with Crippen LogP contribution in [-0.2, 0) is 16.0 Å². The number of rotatable bonds is 3. The predicted octanol–water partition coefficient (Wildman–Crippen LogP) is 0.829. The number of nitrogens with one attached hydrogen (secondary N) is 1. The number of hydrogen-bond acceptors (Lipinski definition) is 5. The van der Waals surface area contributed by atoms with E-state index in [2.05, 4.69) is 22.3 Å². The van der Waals surface area contributed by atoms with E-state index in [-0.39, 0.29) is 18.6 Å². The summed E-state index contributed by atoms with van der Waals surface area (Å²) in [6, 6.07) is 0.163. The van der Waals surface area contributed by atoms with E-state index >= 15 is 0 Å². The summed E-state index contributed by atoms with van der Waals surface area (Å²) < 4.78 is 7.73. The second kappa shape index (κ2) is 4.80. The van der Waals surface area contributed by atoms with Gasteiger partial charge in [-0.25, -0.2) is 4.68 Å². The SMILES string of the molecule is CC1CCC(C2CCNc3nc(CC(=O)O)nn32)O1. The van der Waals surface area contributed by atoms with Crippen molar-refractivity contribution in [3.63, 3.8) is 0 Å². The molecule has 0 bridgehead atoms. The van der Waals surface area contributed by atoms with Crippen LogP contribution in [0.5, 0.6) is 0 Å². The maximum Gasteiger partial charge on any atom is 0.311 e. The third-order valence-electron chi connectivity index (χ3n) is 3.72. The molecule has 0 amide bonds. The number of carbonyl (C=O) groups is 1. The highest BCUT2D eigenvalue weighted by molar-refractivity contribution is 5.69. The molecule has 1 aromatic rings. The number of aliphatic carboxylic acids is 1. The fraction of sp³-hybridized carbons (Fsp3) is 0.750. The third kappa shape index (κ3) is 2.42. The lowest BCUT2D eigenvalue weighted by Crippen LogP contribution is -2.32.